The highest BCUT2D eigenvalue weighted by molar-refractivity contribution is 6.36. The van der Waals surface area contributed by atoms with E-state index in [0.29, 0.717) is 15.7 Å². The maximum Gasteiger partial charge on any atom is 0.416 e. The number of alkyl halides is 3. The first-order valence-electron chi connectivity index (χ1n) is 7.51. The number of anilines is 5. The third-order valence-corrected chi connectivity index (χ3v) is 4.07. The second-order valence-electron chi connectivity index (χ2n) is 5.44. The summed E-state index contributed by atoms with van der Waals surface area (Å²) < 4.78 is 38.5. The van der Waals surface area contributed by atoms with Gasteiger partial charge in [0.1, 0.15) is 12.0 Å². The highest BCUT2D eigenvalue weighted by Gasteiger charge is 2.30. The van der Waals surface area contributed by atoms with E-state index in [9.17, 15) is 13.2 Å². The van der Waals surface area contributed by atoms with Crippen molar-refractivity contribution in [3.63, 3.8) is 0 Å². The van der Waals surface area contributed by atoms with Crippen molar-refractivity contribution in [2.75, 3.05) is 16.4 Å². The Morgan fingerprint density at radius 3 is 2.30 bits per heavy atom. The molecule has 0 saturated carbocycles. The van der Waals surface area contributed by atoms with Gasteiger partial charge in [-0.3, -0.25) is 0 Å². The first-order chi connectivity index (χ1) is 12.7. The van der Waals surface area contributed by atoms with Gasteiger partial charge >= 0.3 is 6.18 Å². The number of hydrogen-bond donors (Lipinski definition) is 3. The highest BCUT2D eigenvalue weighted by Crippen LogP contribution is 2.34. The molecule has 4 N–H and O–H groups in total. The zero-order chi connectivity index (χ0) is 19.6. The Kier molecular flexibility index (Phi) is 5.29. The molecule has 3 rings (SSSR count). The lowest BCUT2D eigenvalue weighted by molar-refractivity contribution is -0.137. The van der Waals surface area contributed by atoms with Gasteiger partial charge in [0.05, 0.1) is 16.3 Å². The summed E-state index contributed by atoms with van der Waals surface area (Å²) in [6.07, 6.45) is -3.23. The third kappa shape index (κ3) is 4.53. The largest absolute Gasteiger partial charge is 0.416 e. The molecule has 0 spiro atoms. The first-order valence-corrected chi connectivity index (χ1v) is 8.26. The predicted molar refractivity (Wildman–Crippen MR) is 101 cm³/mol. The molecule has 0 aliphatic heterocycles. The topological polar surface area (TPSA) is 75.9 Å². The molecule has 0 saturated heterocycles. The Hall–Kier alpha value is -2.71. The van der Waals surface area contributed by atoms with Crippen LogP contribution >= 0.6 is 23.2 Å². The molecular weight excluding hydrogens is 402 g/mol. The normalized spacial score (nSPS) is 11.3. The van der Waals surface area contributed by atoms with E-state index in [1.165, 1.54) is 18.5 Å². The Labute approximate surface area is 162 Å². The number of nitrogens with zero attached hydrogens (tertiary/aromatic N) is 2. The van der Waals surface area contributed by atoms with E-state index in [4.69, 9.17) is 28.9 Å². The summed E-state index contributed by atoms with van der Waals surface area (Å²) >= 11 is 12.0. The van der Waals surface area contributed by atoms with Crippen LogP contribution in [0, 0.1) is 0 Å². The van der Waals surface area contributed by atoms with Gasteiger partial charge < -0.3 is 16.4 Å². The second-order valence-corrected chi connectivity index (χ2v) is 6.28. The zero-order valence-corrected chi connectivity index (χ0v) is 15.0. The zero-order valence-electron chi connectivity index (χ0n) is 13.5. The van der Waals surface area contributed by atoms with E-state index in [-0.39, 0.29) is 23.0 Å². The molecule has 0 atom stereocenters. The van der Waals surface area contributed by atoms with Crippen molar-refractivity contribution in [3.05, 3.63) is 64.4 Å². The average molecular weight is 414 g/mol. The number of rotatable bonds is 4. The molecule has 5 nitrogen and oxygen atoms in total. The fourth-order valence-electron chi connectivity index (χ4n) is 2.22. The second kappa shape index (κ2) is 7.50. The van der Waals surface area contributed by atoms with Crippen molar-refractivity contribution >= 4 is 51.9 Å². The van der Waals surface area contributed by atoms with Crippen LogP contribution in [0.1, 0.15) is 5.56 Å². The van der Waals surface area contributed by atoms with E-state index in [0.717, 1.165) is 12.1 Å². The highest BCUT2D eigenvalue weighted by atomic mass is 35.5. The molecule has 0 radical (unpaired) electrons. The summed E-state index contributed by atoms with van der Waals surface area (Å²) in [6.45, 7) is 0. The van der Waals surface area contributed by atoms with E-state index < -0.39 is 11.7 Å². The van der Waals surface area contributed by atoms with Crippen molar-refractivity contribution in [1.82, 2.24) is 9.97 Å². The van der Waals surface area contributed by atoms with E-state index in [1.807, 2.05) is 0 Å². The SMILES string of the molecule is Nc1c(Nc2cccc(C(F)(F)F)c2)ncnc1Nc1ccc(Cl)cc1Cl. The summed E-state index contributed by atoms with van der Waals surface area (Å²) in [4.78, 5) is 8.02. The maximum absolute atomic E-state index is 12.8. The van der Waals surface area contributed by atoms with E-state index in [1.54, 1.807) is 18.2 Å². The van der Waals surface area contributed by atoms with Gasteiger partial charge in [0.2, 0.25) is 0 Å². The number of nitrogens with one attached hydrogen (secondary N) is 2. The quantitative estimate of drug-likeness (QED) is 0.498. The van der Waals surface area contributed by atoms with Gasteiger partial charge in [-0.1, -0.05) is 29.3 Å². The van der Waals surface area contributed by atoms with Crippen LogP contribution in [0.15, 0.2) is 48.8 Å². The summed E-state index contributed by atoms with van der Waals surface area (Å²) in [5.74, 6) is 0.389. The molecule has 2 aromatic carbocycles. The lowest BCUT2D eigenvalue weighted by Gasteiger charge is -2.14. The van der Waals surface area contributed by atoms with Gasteiger partial charge in [0.25, 0.3) is 0 Å². The molecule has 0 aliphatic carbocycles. The Balaban J connectivity index is 1.87. The Morgan fingerprint density at radius 2 is 1.63 bits per heavy atom. The number of nitrogen functional groups attached to an aromatic ring is 1. The lowest BCUT2D eigenvalue weighted by Crippen LogP contribution is -2.07. The standard InChI is InChI=1S/C17H12Cl2F3N5/c18-10-4-5-13(12(19)7-10)27-16-14(23)15(24-8-25-16)26-11-3-1-2-9(6-11)17(20,21)22/h1-8H,23H2,(H2,24,25,26,27). The minimum Gasteiger partial charge on any atom is -0.393 e. The number of hydrogen-bond acceptors (Lipinski definition) is 5. The van der Waals surface area contributed by atoms with Crippen LogP contribution in [0.5, 0.6) is 0 Å². The number of benzene rings is 2. The average Bonchev–Trinajstić information content (AvgIpc) is 2.60. The third-order valence-electron chi connectivity index (χ3n) is 3.52. The summed E-state index contributed by atoms with van der Waals surface area (Å²) in [7, 11) is 0. The predicted octanol–water partition coefficient (Wildman–Crippen LogP) is 5.87. The fraction of sp³-hybridized carbons (Fsp3) is 0.0588. The minimum absolute atomic E-state index is 0.112. The molecule has 0 unspecified atom stereocenters. The molecule has 0 fully saturated rings. The van der Waals surface area contributed by atoms with Crippen LogP contribution in [0.25, 0.3) is 0 Å². The number of aromatic nitrogens is 2. The van der Waals surface area contributed by atoms with Gasteiger partial charge in [-0.25, -0.2) is 9.97 Å². The van der Waals surface area contributed by atoms with E-state index >= 15 is 0 Å². The van der Waals surface area contributed by atoms with Crippen molar-refractivity contribution in [2.24, 2.45) is 0 Å². The fourth-order valence-corrected chi connectivity index (χ4v) is 2.68. The number of halogens is 5. The lowest BCUT2D eigenvalue weighted by atomic mass is 10.2. The summed E-state index contributed by atoms with van der Waals surface area (Å²) in [6, 6.07) is 9.52. The first kappa shape index (κ1) is 19.1. The van der Waals surface area contributed by atoms with Crippen LogP contribution in [0.2, 0.25) is 10.0 Å². The van der Waals surface area contributed by atoms with Crippen molar-refractivity contribution in [3.8, 4) is 0 Å². The van der Waals surface area contributed by atoms with Crippen LogP contribution in [-0.2, 0) is 6.18 Å². The van der Waals surface area contributed by atoms with Gasteiger partial charge in [-0.05, 0) is 36.4 Å². The van der Waals surface area contributed by atoms with Crippen molar-refractivity contribution < 1.29 is 13.2 Å². The van der Waals surface area contributed by atoms with E-state index in [2.05, 4.69) is 20.6 Å². The molecule has 140 valence electrons. The molecule has 0 bridgehead atoms. The molecule has 0 amide bonds. The van der Waals surface area contributed by atoms with Crippen molar-refractivity contribution in [2.45, 2.75) is 6.18 Å². The van der Waals surface area contributed by atoms with Crippen LogP contribution in [0.3, 0.4) is 0 Å². The van der Waals surface area contributed by atoms with Crippen molar-refractivity contribution in [1.29, 1.82) is 0 Å². The molecule has 0 aliphatic rings. The molecule has 27 heavy (non-hydrogen) atoms. The van der Waals surface area contributed by atoms with Crippen LogP contribution in [-0.4, -0.2) is 9.97 Å². The summed E-state index contributed by atoms with van der Waals surface area (Å²) in [5, 5.41) is 6.53. The summed E-state index contributed by atoms with van der Waals surface area (Å²) in [5.41, 5.74) is 6.06. The van der Waals surface area contributed by atoms with Gasteiger partial charge in [0.15, 0.2) is 11.6 Å². The molecular formula is C17H12Cl2F3N5. The van der Waals surface area contributed by atoms with Gasteiger partial charge in [-0.15, -0.1) is 0 Å². The molecule has 3 aromatic rings. The van der Waals surface area contributed by atoms with Crippen LogP contribution in [0.4, 0.5) is 41.9 Å². The van der Waals surface area contributed by atoms with Gasteiger partial charge in [-0.2, -0.15) is 13.2 Å². The minimum atomic E-state index is -4.45. The molecule has 1 heterocycles. The molecule has 10 heteroatoms. The van der Waals surface area contributed by atoms with Crippen LogP contribution < -0.4 is 16.4 Å². The monoisotopic (exact) mass is 413 g/mol. The maximum atomic E-state index is 12.8. The smallest absolute Gasteiger partial charge is 0.393 e. The Morgan fingerprint density at radius 1 is 0.926 bits per heavy atom. The Bertz CT molecular complexity index is 979. The molecule has 1 aromatic heterocycles. The number of nitrogens with two attached hydrogens (primary N) is 1. The van der Waals surface area contributed by atoms with Gasteiger partial charge in [0, 0.05) is 10.7 Å².